The predicted molar refractivity (Wildman–Crippen MR) is 84.9 cm³/mol. The van der Waals surface area contributed by atoms with Gasteiger partial charge in [-0.15, -0.1) is 0 Å². The van der Waals surface area contributed by atoms with Gasteiger partial charge >= 0.3 is 17.9 Å². The monoisotopic (exact) mass is 377 g/mol. The molecule has 0 unspecified atom stereocenters. The fourth-order valence-corrected chi connectivity index (χ4v) is 1.87. The first-order chi connectivity index (χ1) is 12.0. The van der Waals surface area contributed by atoms with Gasteiger partial charge in [0.25, 0.3) is 0 Å². The Morgan fingerprint density at radius 2 is 1.38 bits per heavy atom. The lowest BCUT2D eigenvalue weighted by Gasteiger charge is -2.23. The van der Waals surface area contributed by atoms with Gasteiger partial charge in [0.15, 0.2) is 6.04 Å². The Balaban J connectivity index is 5.05. The number of hydrogen-bond acceptors (Lipinski definition) is 7. The summed E-state index contributed by atoms with van der Waals surface area (Å²) < 4.78 is 0. The molecule has 0 aliphatic heterocycles. The summed E-state index contributed by atoms with van der Waals surface area (Å²) in [4.78, 5) is 56.3. The van der Waals surface area contributed by atoms with Crippen molar-refractivity contribution in [2.24, 2.45) is 5.73 Å². The van der Waals surface area contributed by atoms with Crippen molar-refractivity contribution >= 4 is 29.7 Å². The van der Waals surface area contributed by atoms with Gasteiger partial charge in [0, 0.05) is 12.8 Å². The van der Waals surface area contributed by atoms with Gasteiger partial charge in [-0.2, -0.15) is 0 Å². The van der Waals surface area contributed by atoms with E-state index in [1.807, 2.05) is 5.32 Å². The molecular formula is C14H23N3O9. The van der Waals surface area contributed by atoms with Gasteiger partial charge in [-0.25, -0.2) is 4.79 Å². The Morgan fingerprint density at radius 1 is 0.885 bits per heavy atom. The lowest BCUT2D eigenvalue weighted by atomic mass is 10.1. The first-order valence-electron chi connectivity index (χ1n) is 7.66. The van der Waals surface area contributed by atoms with Gasteiger partial charge in [-0.3, -0.25) is 19.2 Å². The summed E-state index contributed by atoms with van der Waals surface area (Å²) in [6, 6.07) is -4.33. The van der Waals surface area contributed by atoms with Gasteiger partial charge in [-0.05, 0) is 19.8 Å². The van der Waals surface area contributed by atoms with Crippen LogP contribution in [0.2, 0.25) is 0 Å². The molecular weight excluding hydrogens is 354 g/mol. The second kappa shape index (κ2) is 11.0. The molecule has 0 rings (SSSR count). The van der Waals surface area contributed by atoms with Crippen molar-refractivity contribution in [2.45, 2.75) is 56.8 Å². The number of amides is 2. The molecule has 0 aromatic carbocycles. The van der Waals surface area contributed by atoms with Crippen molar-refractivity contribution in [2.75, 3.05) is 0 Å². The molecule has 12 heteroatoms. The Morgan fingerprint density at radius 3 is 1.81 bits per heavy atom. The van der Waals surface area contributed by atoms with E-state index in [0.717, 1.165) is 6.92 Å². The number of nitrogens with one attached hydrogen (secondary N) is 2. The van der Waals surface area contributed by atoms with Crippen LogP contribution in [0.5, 0.6) is 0 Å². The fourth-order valence-electron chi connectivity index (χ4n) is 1.87. The molecule has 0 spiro atoms. The molecule has 0 heterocycles. The molecule has 12 nitrogen and oxygen atoms in total. The van der Waals surface area contributed by atoms with Crippen LogP contribution in [-0.4, -0.2) is 74.4 Å². The van der Waals surface area contributed by atoms with E-state index in [2.05, 4.69) is 5.32 Å². The van der Waals surface area contributed by atoms with Crippen LogP contribution in [-0.2, 0) is 24.0 Å². The highest BCUT2D eigenvalue weighted by atomic mass is 16.4. The Bertz CT molecular complexity index is 550. The minimum absolute atomic E-state index is 0.208. The maximum Gasteiger partial charge on any atom is 0.328 e. The highest BCUT2D eigenvalue weighted by Gasteiger charge is 2.30. The Hall–Kier alpha value is -2.73. The molecule has 0 radical (unpaired) electrons. The summed E-state index contributed by atoms with van der Waals surface area (Å²) >= 11 is 0. The number of carbonyl (C=O) groups excluding carboxylic acids is 2. The molecule has 8 N–H and O–H groups in total. The van der Waals surface area contributed by atoms with Crippen molar-refractivity contribution in [1.82, 2.24) is 10.6 Å². The standard InChI is InChI=1S/C14H23N3O9/c1-6(18)11(14(25)26)17-13(24)8(3-5-10(21)22)16-12(23)7(15)2-4-9(19)20/h6-8,11,18H,2-5,15H2,1H3,(H,16,23)(H,17,24)(H,19,20)(H,21,22)(H,25,26)/t6-,7+,8+,11+/m1/s1. The van der Waals surface area contributed by atoms with E-state index in [1.165, 1.54) is 0 Å². The van der Waals surface area contributed by atoms with Gasteiger partial charge < -0.3 is 36.8 Å². The first-order valence-corrected chi connectivity index (χ1v) is 7.66. The average molecular weight is 377 g/mol. The van der Waals surface area contributed by atoms with Gasteiger partial charge in [0.1, 0.15) is 6.04 Å². The zero-order chi connectivity index (χ0) is 20.4. The minimum atomic E-state index is -1.66. The van der Waals surface area contributed by atoms with Crippen molar-refractivity contribution in [3.8, 4) is 0 Å². The third-order valence-electron chi connectivity index (χ3n) is 3.33. The van der Waals surface area contributed by atoms with Crippen molar-refractivity contribution in [1.29, 1.82) is 0 Å². The molecule has 4 atom stereocenters. The van der Waals surface area contributed by atoms with Crippen LogP contribution < -0.4 is 16.4 Å². The normalized spacial score (nSPS) is 15.2. The van der Waals surface area contributed by atoms with E-state index in [1.54, 1.807) is 0 Å². The zero-order valence-electron chi connectivity index (χ0n) is 14.0. The quantitative estimate of drug-likeness (QED) is 0.189. The molecule has 0 bridgehead atoms. The van der Waals surface area contributed by atoms with E-state index >= 15 is 0 Å². The van der Waals surface area contributed by atoms with Crippen LogP contribution in [0.4, 0.5) is 0 Å². The maximum absolute atomic E-state index is 12.2. The smallest absolute Gasteiger partial charge is 0.328 e. The summed E-state index contributed by atoms with van der Waals surface area (Å²) in [5.41, 5.74) is 5.51. The van der Waals surface area contributed by atoms with E-state index in [9.17, 15) is 29.1 Å². The van der Waals surface area contributed by atoms with E-state index in [-0.39, 0.29) is 19.3 Å². The topological polar surface area (TPSA) is 216 Å². The summed E-state index contributed by atoms with van der Waals surface area (Å²) in [6.45, 7) is 1.13. The second-order valence-electron chi connectivity index (χ2n) is 5.60. The summed E-state index contributed by atoms with van der Waals surface area (Å²) in [6.07, 6.45) is -2.89. The molecule has 0 aliphatic carbocycles. The fraction of sp³-hybridized carbons (Fsp3) is 0.643. The molecule has 0 aromatic rings. The highest BCUT2D eigenvalue weighted by molar-refractivity contribution is 5.92. The van der Waals surface area contributed by atoms with Gasteiger partial charge in [-0.1, -0.05) is 0 Å². The predicted octanol–water partition coefficient (Wildman–Crippen LogP) is -2.52. The summed E-state index contributed by atoms with van der Waals surface area (Å²) in [7, 11) is 0. The lowest BCUT2D eigenvalue weighted by Crippen LogP contribution is -2.56. The third-order valence-corrected chi connectivity index (χ3v) is 3.33. The van der Waals surface area contributed by atoms with E-state index in [0.29, 0.717) is 0 Å². The Labute approximate surface area is 148 Å². The number of carboxylic acid groups (broad SMARTS) is 3. The van der Waals surface area contributed by atoms with Crippen molar-refractivity contribution in [3.63, 3.8) is 0 Å². The molecule has 0 saturated carbocycles. The minimum Gasteiger partial charge on any atom is -0.481 e. The average Bonchev–Trinajstić information content (AvgIpc) is 2.52. The number of carbonyl (C=O) groups is 5. The highest BCUT2D eigenvalue weighted by Crippen LogP contribution is 2.03. The van der Waals surface area contributed by atoms with E-state index < -0.39 is 60.4 Å². The molecule has 0 aromatic heterocycles. The molecule has 0 aliphatic rings. The first kappa shape index (κ1) is 23.3. The molecule has 148 valence electrons. The number of carboxylic acids is 3. The van der Waals surface area contributed by atoms with Crippen LogP contribution in [0, 0.1) is 0 Å². The van der Waals surface area contributed by atoms with E-state index in [4.69, 9.17) is 21.1 Å². The van der Waals surface area contributed by atoms with Crippen LogP contribution in [0.1, 0.15) is 32.6 Å². The number of nitrogens with two attached hydrogens (primary N) is 1. The number of rotatable bonds is 12. The number of hydrogen-bond donors (Lipinski definition) is 7. The summed E-state index contributed by atoms with van der Waals surface area (Å²) in [5.74, 6) is -5.85. The number of aliphatic hydroxyl groups excluding tert-OH is 1. The summed E-state index contributed by atoms with van der Waals surface area (Å²) in [5, 5.41) is 39.8. The maximum atomic E-state index is 12.2. The largest absolute Gasteiger partial charge is 0.481 e. The van der Waals surface area contributed by atoms with Gasteiger partial charge in [0.2, 0.25) is 11.8 Å². The molecule has 26 heavy (non-hydrogen) atoms. The van der Waals surface area contributed by atoms with Crippen molar-refractivity contribution in [3.05, 3.63) is 0 Å². The molecule has 2 amide bonds. The second-order valence-corrected chi connectivity index (χ2v) is 5.60. The van der Waals surface area contributed by atoms with Crippen molar-refractivity contribution < 1.29 is 44.4 Å². The number of aliphatic hydroxyl groups is 1. The zero-order valence-corrected chi connectivity index (χ0v) is 14.0. The number of aliphatic carboxylic acids is 3. The van der Waals surface area contributed by atoms with Crippen LogP contribution in [0.15, 0.2) is 0 Å². The Kier molecular flexibility index (Phi) is 9.84. The van der Waals surface area contributed by atoms with Gasteiger partial charge in [0.05, 0.1) is 12.1 Å². The SMILES string of the molecule is C[C@@H](O)[C@H](NC(=O)[C@H](CCC(=O)O)NC(=O)[C@@H](N)CCC(=O)O)C(=O)O. The lowest BCUT2D eigenvalue weighted by molar-refractivity contribution is -0.145. The van der Waals surface area contributed by atoms with Crippen LogP contribution in [0.25, 0.3) is 0 Å². The molecule has 0 fully saturated rings. The van der Waals surface area contributed by atoms with Crippen LogP contribution >= 0.6 is 0 Å². The third kappa shape index (κ3) is 8.94. The molecule has 0 saturated heterocycles. The van der Waals surface area contributed by atoms with Crippen LogP contribution in [0.3, 0.4) is 0 Å².